The molecule has 1 aromatic heterocycles. The maximum Gasteiger partial charge on any atom is 0.126 e. The summed E-state index contributed by atoms with van der Waals surface area (Å²) in [6, 6.07) is 4.18. The summed E-state index contributed by atoms with van der Waals surface area (Å²) in [6.45, 7) is 6.63. The minimum absolute atomic E-state index is 0.427. The lowest BCUT2D eigenvalue weighted by molar-refractivity contribution is 0.124. The highest BCUT2D eigenvalue weighted by atomic mass is 35.5. The third-order valence-electron chi connectivity index (χ3n) is 2.84. The third-order valence-corrected chi connectivity index (χ3v) is 3.18. The largest absolute Gasteiger partial charge is 0.383 e. The summed E-state index contributed by atoms with van der Waals surface area (Å²) in [7, 11) is 3.57. The van der Waals surface area contributed by atoms with Crippen LogP contribution in [0.15, 0.2) is 12.1 Å². The number of pyridine rings is 1. The monoisotopic (exact) mass is 271 g/mol. The van der Waals surface area contributed by atoms with E-state index in [2.05, 4.69) is 29.0 Å². The van der Waals surface area contributed by atoms with Gasteiger partial charge in [0, 0.05) is 33.3 Å². The summed E-state index contributed by atoms with van der Waals surface area (Å²) in [6.07, 6.45) is 0. The summed E-state index contributed by atoms with van der Waals surface area (Å²) in [5, 5.41) is 3.73. The van der Waals surface area contributed by atoms with Crippen molar-refractivity contribution in [2.24, 2.45) is 0 Å². The smallest absolute Gasteiger partial charge is 0.126 e. The highest BCUT2D eigenvalue weighted by Gasteiger charge is 2.13. The lowest BCUT2D eigenvalue weighted by Gasteiger charge is -2.26. The summed E-state index contributed by atoms with van der Waals surface area (Å²) in [5.74, 6) is 0.838. The van der Waals surface area contributed by atoms with E-state index in [0.717, 1.165) is 24.6 Å². The maximum absolute atomic E-state index is 6.19. The number of nitrogens with zero attached hydrogens (tertiary/aromatic N) is 2. The summed E-state index contributed by atoms with van der Waals surface area (Å²) in [5.41, 5.74) is 0.897. The van der Waals surface area contributed by atoms with E-state index in [-0.39, 0.29) is 0 Å². The molecule has 0 spiro atoms. The molecule has 0 aliphatic heterocycles. The Labute approximate surface area is 114 Å². The zero-order valence-corrected chi connectivity index (χ0v) is 12.3. The van der Waals surface area contributed by atoms with Gasteiger partial charge in [-0.05, 0) is 26.0 Å². The molecule has 4 nitrogen and oxygen atoms in total. The van der Waals surface area contributed by atoms with E-state index >= 15 is 0 Å². The molecule has 102 valence electrons. The van der Waals surface area contributed by atoms with Crippen molar-refractivity contribution >= 4 is 17.4 Å². The number of methoxy groups -OCH3 is 1. The molecule has 0 radical (unpaired) electrons. The van der Waals surface area contributed by atoms with Crippen molar-refractivity contribution in [1.29, 1.82) is 0 Å². The van der Waals surface area contributed by atoms with E-state index in [1.54, 1.807) is 7.11 Å². The van der Waals surface area contributed by atoms with E-state index in [9.17, 15) is 0 Å². The van der Waals surface area contributed by atoms with Crippen LogP contribution in [-0.4, -0.2) is 43.2 Å². The van der Waals surface area contributed by atoms with E-state index in [4.69, 9.17) is 16.3 Å². The molecule has 0 bridgehead atoms. The standard InChI is InChI=1S/C13H22ClN3O/c1-10(2)17(7-8-18-4)9-12-11(14)5-6-13(15-3)16-12/h5-6,10H,7-9H2,1-4H3,(H,15,16). The molecule has 0 saturated heterocycles. The normalized spacial score (nSPS) is 11.3. The van der Waals surface area contributed by atoms with Crippen molar-refractivity contribution in [3.63, 3.8) is 0 Å². The fourth-order valence-electron chi connectivity index (χ4n) is 1.66. The second-order valence-electron chi connectivity index (χ2n) is 4.43. The Morgan fingerprint density at radius 2 is 2.17 bits per heavy atom. The van der Waals surface area contributed by atoms with Crippen LogP contribution in [0.5, 0.6) is 0 Å². The quantitative estimate of drug-likeness (QED) is 0.827. The van der Waals surface area contributed by atoms with Crippen LogP contribution < -0.4 is 5.32 Å². The Balaban J connectivity index is 2.78. The molecule has 1 aromatic rings. The first kappa shape index (κ1) is 15.2. The summed E-state index contributed by atoms with van der Waals surface area (Å²) >= 11 is 6.19. The molecular weight excluding hydrogens is 250 g/mol. The van der Waals surface area contributed by atoms with Crippen LogP contribution in [-0.2, 0) is 11.3 Å². The van der Waals surface area contributed by atoms with Gasteiger partial charge in [0.2, 0.25) is 0 Å². The molecule has 5 heteroatoms. The Morgan fingerprint density at radius 1 is 1.44 bits per heavy atom. The Morgan fingerprint density at radius 3 is 2.72 bits per heavy atom. The molecule has 0 aliphatic rings. The number of ether oxygens (including phenoxy) is 1. The molecule has 18 heavy (non-hydrogen) atoms. The van der Waals surface area contributed by atoms with Crippen molar-refractivity contribution in [2.45, 2.75) is 26.4 Å². The van der Waals surface area contributed by atoms with Crippen molar-refractivity contribution in [3.8, 4) is 0 Å². The average Bonchev–Trinajstić information content (AvgIpc) is 2.36. The van der Waals surface area contributed by atoms with Gasteiger partial charge in [-0.1, -0.05) is 11.6 Å². The van der Waals surface area contributed by atoms with Crippen LogP contribution >= 0.6 is 11.6 Å². The molecule has 0 atom stereocenters. The number of rotatable bonds is 7. The van der Waals surface area contributed by atoms with Gasteiger partial charge in [0.15, 0.2) is 0 Å². The third kappa shape index (κ3) is 4.44. The van der Waals surface area contributed by atoms with E-state index in [1.807, 2.05) is 19.2 Å². The zero-order chi connectivity index (χ0) is 13.5. The van der Waals surface area contributed by atoms with Gasteiger partial charge in [0.05, 0.1) is 17.3 Å². The van der Waals surface area contributed by atoms with Crippen molar-refractivity contribution in [2.75, 3.05) is 32.6 Å². The molecule has 0 aliphatic carbocycles. The molecule has 1 rings (SSSR count). The number of hydrogen-bond acceptors (Lipinski definition) is 4. The molecule has 0 saturated carbocycles. The predicted molar refractivity (Wildman–Crippen MR) is 76.2 cm³/mol. The Kier molecular flexibility index (Phi) is 6.39. The molecule has 1 N–H and O–H groups in total. The molecule has 1 heterocycles. The summed E-state index contributed by atoms with van der Waals surface area (Å²) < 4.78 is 5.13. The average molecular weight is 272 g/mol. The second-order valence-corrected chi connectivity index (χ2v) is 4.84. The molecule has 0 unspecified atom stereocenters. The van der Waals surface area contributed by atoms with E-state index in [1.165, 1.54) is 0 Å². The van der Waals surface area contributed by atoms with Gasteiger partial charge in [0.1, 0.15) is 5.82 Å². The zero-order valence-electron chi connectivity index (χ0n) is 11.5. The van der Waals surface area contributed by atoms with Crippen LogP contribution in [0.4, 0.5) is 5.82 Å². The number of anilines is 1. The van der Waals surface area contributed by atoms with Crippen molar-refractivity contribution in [3.05, 3.63) is 22.8 Å². The minimum atomic E-state index is 0.427. The molecule has 0 fully saturated rings. The Hall–Kier alpha value is -0.840. The number of halogens is 1. The van der Waals surface area contributed by atoms with Crippen LogP contribution in [0.2, 0.25) is 5.02 Å². The molecule has 0 amide bonds. The SMILES string of the molecule is CNc1ccc(Cl)c(CN(CCOC)C(C)C)n1. The van der Waals surface area contributed by atoms with Crippen LogP contribution in [0.25, 0.3) is 0 Å². The highest BCUT2D eigenvalue weighted by molar-refractivity contribution is 6.31. The highest BCUT2D eigenvalue weighted by Crippen LogP contribution is 2.19. The minimum Gasteiger partial charge on any atom is -0.383 e. The molecule has 0 aromatic carbocycles. The van der Waals surface area contributed by atoms with Gasteiger partial charge in [-0.15, -0.1) is 0 Å². The topological polar surface area (TPSA) is 37.4 Å². The van der Waals surface area contributed by atoms with Crippen LogP contribution in [0.3, 0.4) is 0 Å². The van der Waals surface area contributed by atoms with Gasteiger partial charge < -0.3 is 10.1 Å². The van der Waals surface area contributed by atoms with E-state index in [0.29, 0.717) is 17.7 Å². The van der Waals surface area contributed by atoms with Crippen LogP contribution in [0, 0.1) is 0 Å². The fraction of sp³-hybridized carbons (Fsp3) is 0.615. The Bertz CT molecular complexity index is 371. The number of aromatic nitrogens is 1. The second kappa shape index (κ2) is 7.56. The van der Waals surface area contributed by atoms with Gasteiger partial charge >= 0.3 is 0 Å². The first-order chi connectivity index (χ1) is 8.58. The first-order valence-electron chi connectivity index (χ1n) is 6.14. The fourth-order valence-corrected chi connectivity index (χ4v) is 1.82. The van der Waals surface area contributed by atoms with Crippen molar-refractivity contribution < 1.29 is 4.74 Å². The lowest BCUT2D eigenvalue weighted by atomic mass is 10.2. The van der Waals surface area contributed by atoms with Gasteiger partial charge in [0.25, 0.3) is 0 Å². The first-order valence-corrected chi connectivity index (χ1v) is 6.52. The maximum atomic E-state index is 6.19. The van der Waals surface area contributed by atoms with Crippen molar-refractivity contribution in [1.82, 2.24) is 9.88 Å². The van der Waals surface area contributed by atoms with Gasteiger partial charge in [-0.25, -0.2) is 4.98 Å². The van der Waals surface area contributed by atoms with Gasteiger partial charge in [-0.3, -0.25) is 4.90 Å². The van der Waals surface area contributed by atoms with Gasteiger partial charge in [-0.2, -0.15) is 0 Å². The summed E-state index contributed by atoms with van der Waals surface area (Å²) in [4.78, 5) is 6.78. The lowest BCUT2D eigenvalue weighted by Crippen LogP contribution is -2.33. The van der Waals surface area contributed by atoms with Crippen LogP contribution in [0.1, 0.15) is 19.5 Å². The predicted octanol–water partition coefficient (Wildman–Crippen LogP) is 2.63. The number of nitrogens with one attached hydrogen (secondary N) is 1. The van der Waals surface area contributed by atoms with E-state index < -0.39 is 0 Å². The molecular formula is C13H22ClN3O. The number of hydrogen-bond donors (Lipinski definition) is 1.